The van der Waals surface area contributed by atoms with E-state index in [4.69, 9.17) is 9.98 Å². The van der Waals surface area contributed by atoms with Crippen molar-refractivity contribution in [1.82, 2.24) is 0 Å². The molecule has 0 aromatic heterocycles. The molecule has 0 spiro atoms. The number of hydrogen-bond donors (Lipinski definition) is 0. The zero-order chi connectivity index (χ0) is 45.6. The normalized spacial score (nSPS) is 11.7. The van der Waals surface area contributed by atoms with Gasteiger partial charge in [0.05, 0.1) is 22.8 Å². The van der Waals surface area contributed by atoms with E-state index in [1.54, 1.807) is 0 Å². The summed E-state index contributed by atoms with van der Waals surface area (Å²) in [6.07, 6.45) is 51.8. The zero-order valence-corrected chi connectivity index (χ0v) is 42.8. The van der Waals surface area contributed by atoms with E-state index >= 15 is 0 Å². The molecule has 0 atom stereocenters. The van der Waals surface area contributed by atoms with E-state index in [0.29, 0.717) is 0 Å². The Balaban J connectivity index is 1.71. The second-order valence-electron chi connectivity index (χ2n) is 19.1. The van der Waals surface area contributed by atoms with Gasteiger partial charge in [0, 0.05) is 25.7 Å². The minimum absolute atomic E-state index is 0.933. The van der Waals surface area contributed by atoms with Crippen LogP contribution in [0.4, 0.5) is 11.4 Å². The van der Waals surface area contributed by atoms with Crippen molar-refractivity contribution in [3.05, 3.63) is 59.7 Å². The number of aryl methyl sites for hydroxylation is 2. The first-order valence-electron chi connectivity index (χ1n) is 27.9. The first-order chi connectivity index (χ1) is 31.7. The minimum atomic E-state index is 0.933. The predicted molar refractivity (Wildman–Crippen MR) is 288 cm³/mol. The average molecular weight is 873 g/mol. The number of hydrogen-bond acceptors (Lipinski definition) is 2. The Labute approximate surface area is 399 Å². The Hall–Kier alpha value is -3.10. The summed E-state index contributed by atoms with van der Waals surface area (Å²) in [5.41, 5.74) is 7.05. The Morgan fingerprint density at radius 1 is 0.297 bits per heavy atom. The third-order valence-electron chi connectivity index (χ3n) is 12.9. The number of nitrogens with zero attached hydrogens (tertiary/aromatic N) is 2. The highest BCUT2D eigenvalue weighted by molar-refractivity contribution is 6.43. The summed E-state index contributed by atoms with van der Waals surface area (Å²) in [7, 11) is 0. The minimum Gasteiger partial charge on any atom is -0.252 e. The topological polar surface area (TPSA) is 24.7 Å². The van der Waals surface area contributed by atoms with Crippen LogP contribution in [0.1, 0.15) is 283 Å². The molecular formula is C62H100N2. The van der Waals surface area contributed by atoms with Gasteiger partial charge in [-0.05, 0) is 86.8 Å². The molecule has 0 radical (unpaired) electrons. The molecular weight excluding hydrogens is 773 g/mol. The molecule has 0 saturated heterocycles. The highest BCUT2D eigenvalue weighted by atomic mass is 14.8. The van der Waals surface area contributed by atoms with Crippen molar-refractivity contribution in [2.75, 3.05) is 0 Å². The quantitative estimate of drug-likeness (QED) is 0.0361. The fraction of sp³-hybridized carbons (Fsp3) is 0.710. The van der Waals surface area contributed by atoms with Gasteiger partial charge in [-0.2, -0.15) is 0 Å². The van der Waals surface area contributed by atoms with Gasteiger partial charge in [0.1, 0.15) is 0 Å². The first kappa shape index (κ1) is 57.0. The fourth-order valence-corrected chi connectivity index (χ4v) is 8.59. The summed E-state index contributed by atoms with van der Waals surface area (Å²) in [4.78, 5) is 10.5. The maximum atomic E-state index is 5.24. The lowest BCUT2D eigenvalue weighted by atomic mass is 10.0. The molecule has 0 amide bonds. The molecule has 0 aliphatic carbocycles. The number of aliphatic imine (C=N–C) groups is 2. The van der Waals surface area contributed by atoms with Gasteiger partial charge in [-0.25, -0.2) is 0 Å². The van der Waals surface area contributed by atoms with E-state index in [1.165, 1.54) is 191 Å². The second kappa shape index (κ2) is 43.8. The molecule has 0 saturated carbocycles. The van der Waals surface area contributed by atoms with E-state index in [2.05, 4.69) is 99.9 Å². The zero-order valence-electron chi connectivity index (χ0n) is 42.8. The van der Waals surface area contributed by atoms with Crippen LogP contribution < -0.4 is 0 Å². The Morgan fingerprint density at radius 3 is 0.828 bits per heavy atom. The summed E-state index contributed by atoms with van der Waals surface area (Å²) < 4.78 is 0. The highest BCUT2D eigenvalue weighted by Gasteiger charge is 2.11. The molecule has 0 bridgehead atoms. The lowest BCUT2D eigenvalue weighted by Crippen LogP contribution is -2.14. The van der Waals surface area contributed by atoms with E-state index in [1.807, 2.05) is 0 Å². The number of rotatable bonds is 41. The van der Waals surface area contributed by atoms with Crippen molar-refractivity contribution >= 4 is 22.8 Å². The standard InChI is InChI=1S/C62H100N2/c1-5-9-13-15-17-19-21-23-25-27-29-31-33-35-37-39-41-43-45-57-49-53-59(54-50-57)63-61(47-11-7-3)62(48-12-8-4)64-60-55-51-58(52-56-60)46-44-42-40-38-36-34-32-30-28-26-24-22-20-18-16-14-10-6-2/h49-56H,5-38,43-48H2,1-4H3. The van der Waals surface area contributed by atoms with Crippen LogP contribution >= 0.6 is 0 Å². The van der Waals surface area contributed by atoms with Crippen molar-refractivity contribution < 1.29 is 0 Å². The molecule has 0 heterocycles. The molecule has 2 aromatic carbocycles. The Kier molecular flexibility index (Phi) is 39.0. The first-order valence-corrected chi connectivity index (χ1v) is 27.9. The molecule has 2 nitrogen and oxygen atoms in total. The van der Waals surface area contributed by atoms with Gasteiger partial charge in [0.15, 0.2) is 0 Å². The monoisotopic (exact) mass is 873 g/mol. The maximum Gasteiger partial charge on any atom is 0.0633 e. The maximum absolute atomic E-state index is 5.24. The van der Waals surface area contributed by atoms with E-state index in [-0.39, 0.29) is 0 Å². The Morgan fingerprint density at radius 2 is 0.547 bits per heavy atom. The summed E-state index contributed by atoms with van der Waals surface area (Å²) in [5.74, 6) is 13.8. The lowest BCUT2D eigenvalue weighted by molar-refractivity contribution is 0.536. The van der Waals surface area contributed by atoms with Gasteiger partial charge in [-0.1, -0.05) is 232 Å². The van der Waals surface area contributed by atoms with Crippen LogP contribution in [0.5, 0.6) is 0 Å². The van der Waals surface area contributed by atoms with Crippen LogP contribution in [-0.4, -0.2) is 11.4 Å². The van der Waals surface area contributed by atoms with Gasteiger partial charge in [-0.15, -0.1) is 23.7 Å². The van der Waals surface area contributed by atoms with E-state index in [9.17, 15) is 0 Å². The number of unbranched alkanes of at least 4 members (excludes halogenated alkanes) is 30. The molecule has 358 valence electrons. The SMILES string of the molecule is CCCCCCCCCCCCCCCCC#CCCc1ccc(N=C(CCCC)C(CCCC)=Nc2ccc(CCC#CCCCCCCCCCCCCCCCC)cc2)cc1. The molecule has 2 rings (SSSR count). The molecule has 2 heteroatoms. The Bertz CT molecular complexity index is 1400. The molecule has 0 aliphatic heterocycles. The summed E-state index contributed by atoms with van der Waals surface area (Å²) >= 11 is 0. The van der Waals surface area contributed by atoms with Crippen molar-refractivity contribution in [2.24, 2.45) is 9.98 Å². The van der Waals surface area contributed by atoms with Gasteiger partial charge in [0.25, 0.3) is 0 Å². The van der Waals surface area contributed by atoms with Crippen LogP contribution in [0, 0.1) is 23.7 Å². The molecule has 0 N–H and O–H groups in total. The van der Waals surface area contributed by atoms with Crippen molar-refractivity contribution in [1.29, 1.82) is 0 Å². The predicted octanol–water partition coefficient (Wildman–Crippen LogP) is 20.5. The van der Waals surface area contributed by atoms with Gasteiger partial charge in [0.2, 0.25) is 0 Å². The third kappa shape index (κ3) is 33.4. The summed E-state index contributed by atoms with van der Waals surface area (Å²) in [5, 5.41) is 0. The van der Waals surface area contributed by atoms with Crippen molar-refractivity contribution in [3.8, 4) is 23.7 Å². The van der Waals surface area contributed by atoms with Crippen LogP contribution in [0.3, 0.4) is 0 Å². The smallest absolute Gasteiger partial charge is 0.0633 e. The molecule has 64 heavy (non-hydrogen) atoms. The number of benzene rings is 2. The fourth-order valence-electron chi connectivity index (χ4n) is 8.59. The molecule has 0 aliphatic rings. The largest absolute Gasteiger partial charge is 0.252 e. The van der Waals surface area contributed by atoms with Gasteiger partial charge in [-0.3, -0.25) is 9.98 Å². The molecule has 0 unspecified atom stereocenters. The third-order valence-corrected chi connectivity index (χ3v) is 12.9. The van der Waals surface area contributed by atoms with E-state index < -0.39 is 0 Å². The van der Waals surface area contributed by atoms with Crippen LogP contribution in [0.25, 0.3) is 0 Å². The van der Waals surface area contributed by atoms with Crippen molar-refractivity contribution in [2.45, 2.75) is 285 Å². The van der Waals surface area contributed by atoms with Gasteiger partial charge < -0.3 is 0 Å². The molecule has 0 fully saturated rings. The van der Waals surface area contributed by atoms with E-state index in [0.717, 1.165) is 99.8 Å². The summed E-state index contributed by atoms with van der Waals surface area (Å²) in [6.45, 7) is 9.13. The highest BCUT2D eigenvalue weighted by Crippen LogP contribution is 2.22. The lowest BCUT2D eigenvalue weighted by Gasteiger charge is -2.11. The average Bonchev–Trinajstić information content (AvgIpc) is 3.31. The van der Waals surface area contributed by atoms with Crippen LogP contribution in [0.2, 0.25) is 0 Å². The molecule has 2 aromatic rings. The van der Waals surface area contributed by atoms with Crippen molar-refractivity contribution in [3.63, 3.8) is 0 Å². The van der Waals surface area contributed by atoms with Gasteiger partial charge >= 0.3 is 0 Å². The second-order valence-corrected chi connectivity index (χ2v) is 19.1. The summed E-state index contributed by atoms with van der Waals surface area (Å²) in [6, 6.07) is 17.8. The van der Waals surface area contributed by atoms with Crippen LogP contribution in [0.15, 0.2) is 58.5 Å². The van der Waals surface area contributed by atoms with Crippen LogP contribution in [-0.2, 0) is 12.8 Å².